The quantitative estimate of drug-likeness (QED) is 0.732. The van der Waals surface area contributed by atoms with Crippen molar-refractivity contribution in [1.29, 1.82) is 0 Å². The second-order valence-corrected chi connectivity index (χ2v) is 7.04. The van der Waals surface area contributed by atoms with E-state index >= 15 is 0 Å². The molecule has 1 aliphatic rings. The Morgan fingerprint density at radius 3 is 2.43 bits per heavy atom. The second-order valence-electron chi connectivity index (χ2n) is 7.04. The smallest absolute Gasteiger partial charge is 0.417 e. The molecule has 6 heteroatoms. The van der Waals surface area contributed by atoms with E-state index in [1.807, 2.05) is 60.7 Å². The third-order valence-electron chi connectivity index (χ3n) is 5.13. The Balaban J connectivity index is 1.79. The molecule has 0 bridgehead atoms. The maximum atomic E-state index is 13.2. The highest BCUT2D eigenvalue weighted by Crippen LogP contribution is 2.27. The number of amides is 2. The van der Waals surface area contributed by atoms with Crippen LogP contribution >= 0.6 is 0 Å². The average Bonchev–Trinajstić information content (AvgIpc) is 3.09. The predicted molar refractivity (Wildman–Crippen MR) is 106 cm³/mol. The molecule has 2 aromatic carbocycles. The molecule has 3 atom stereocenters. The minimum atomic E-state index is -0.891. The van der Waals surface area contributed by atoms with Crippen molar-refractivity contribution >= 4 is 12.0 Å². The number of carbonyl (C=O) groups is 2. The van der Waals surface area contributed by atoms with Gasteiger partial charge in [-0.3, -0.25) is 4.79 Å². The van der Waals surface area contributed by atoms with E-state index in [0.29, 0.717) is 19.3 Å². The number of hydrogen-bond acceptors (Lipinski definition) is 5. The molecule has 1 saturated heterocycles. The van der Waals surface area contributed by atoms with E-state index in [1.54, 1.807) is 0 Å². The Morgan fingerprint density at radius 2 is 1.79 bits per heavy atom. The van der Waals surface area contributed by atoms with Crippen molar-refractivity contribution in [3.05, 3.63) is 71.8 Å². The Hall–Kier alpha value is -2.70. The van der Waals surface area contributed by atoms with E-state index in [4.69, 9.17) is 10.5 Å². The first-order valence-corrected chi connectivity index (χ1v) is 9.57. The summed E-state index contributed by atoms with van der Waals surface area (Å²) in [5, 5.41) is 9.23. The van der Waals surface area contributed by atoms with Gasteiger partial charge in [0.25, 0.3) is 0 Å². The van der Waals surface area contributed by atoms with Crippen LogP contribution in [0.25, 0.3) is 0 Å². The Kier molecular flexibility index (Phi) is 6.79. The Labute approximate surface area is 164 Å². The van der Waals surface area contributed by atoms with Gasteiger partial charge >= 0.3 is 6.09 Å². The second kappa shape index (κ2) is 9.48. The fourth-order valence-electron chi connectivity index (χ4n) is 3.66. The molecule has 1 fully saturated rings. The molecular formula is C22H26N2O4. The molecule has 6 nitrogen and oxygen atoms in total. The molecule has 0 radical (unpaired) electrons. The zero-order valence-electron chi connectivity index (χ0n) is 15.7. The lowest BCUT2D eigenvalue weighted by molar-refractivity contribution is -0.131. The molecule has 28 heavy (non-hydrogen) atoms. The van der Waals surface area contributed by atoms with Gasteiger partial charge in [0.05, 0.1) is 12.1 Å². The highest BCUT2D eigenvalue weighted by molar-refractivity contribution is 5.96. The van der Waals surface area contributed by atoms with Gasteiger partial charge in [-0.1, -0.05) is 60.7 Å². The van der Waals surface area contributed by atoms with Crippen molar-refractivity contribution < 1.29 is 19.4 Å². The van der Waals surface area contributed by atoms with E-state index in [-0.39, 0.29) is 25.2 Å². The van der Waals surface area contributed by atoms with Gasteiger partial charge in [0.2, 0.25) is 5.91 Å². The van der Waals surface area contributed by atoms with Gasteiger partial charge in [-0.2, -0.15) is 0 Å². The van der Waals surface area contributed by atoms with E-state index < -0.39 is 18.0 Å². The lowest BCUT2D eigenvalue weighted by Gasteiger charge is -2.28. The predicted octanol–water partition coefficient (Wildman–Crippen LogP) is 2.46. The number of cyclic esters (lactones) is 1. The molecule has 0 unspecified atom stereocenters. The Morgan fingerprint density at radius 1 is 1.14 bits per heavy atom. The topological polar surface area (TPSA) is 92.9 Å². The van der Waals surface area contributed by atoms with Crippen molar-refractivity contribution in [3.8, 4) is 0 Å². The summed E-state index contributed by atoms with van der Waals surface area (Å²) in [6, 6.07) is 17.9. The lowest BCUT2D eigenvalue weighted by Crippen LogP contribution is -2.51. The van der Waals surface area contributed by atoms with E-state index in [1.165, 1.54) is 4.90 Å². The SMILES string of the molecule is N[C@H](C(=O)N1C(=O)OC[C@@H]1Cc1ccccc1)[C@H](CCCO)c1ccccc1. The molecule has 3 rings (SSSR count). The van der Waals surface area contributed by atoms with Gasteiger partial charge in [0, 0.05) is 12.5 Å². The van der Waals surface area contributed by atoms with Crippen molar-refractivity contribution in [2.45, 2.75) is 37.3 Å². The minimum Gasteiger partial charge on any atom is -0.447 e. The maximum absolute atomic E-state index is 13.2. The summed E-state index contributed by atoms with van der Waals surface area (Å²) in [4.78, 5) is 26.6. The summed E-state index contributed by atoms with van der Waals surface area (Å²) in [6.45, 7) is 0.186. The number of benzene rings is 2. The number of hydrogen-bond donors (Lipinski definition) is 2. The normalized spacial score (nSPS) is 18.6. The van der Waals surface area contributed by atoms with Crippen LogP contribution in [0.5, 0.6) is 0 Å². The number of aliphatic hydroxyl groups is 1. The third-order valence-corrected chi connectivity index (χ3v) is 5.13. The van der Waals surface area contributed by atoms with Crippen molar-refractivity contribution in [3.63, 3.8) is 0 Å². The van der Waals surface area contributed by atoms with Crippen LogP contribution in [0.4, 0.5) is 4.79 Å². The summed E-state index contributed by atoms with van der Waals surface area (Å²) in [7, 11) is 0. The molecule has 1 aliphatic heterocycles. The number of rotatable bonds is 8. The van der Waals surface area contributed by atoms with E-state index in [0.717, 1.165) is 11.1 Å². The highest BCUT2D eigenvalue weighted by Gasteiger charge is 2.41. The number of imide groups is 1. The maximum Gasteiger partial charge on any atom is 0.417 e. The molecule has 0 spiro atoms. The minimum absolute atomic E-state index is 0.0205. The van der Waals surface area contributed by atoms with Gasteiger partial charge in [-0.05, 0) is 30.4 Å². The van der Waals surface area contributed by atoms with Crippen LogP contribution in [-0.4, -0.2) is 47.3 Å². The first-order valence-electron chi connectivity index (χ1n) is 9.57. The molecule has 2 aromatic rings. The van der Waals surface area contributed by atoms with Crippen LogP contribution in [0, 0.1) is 0 Å². The number of aliphatic hydroxyl groups excluding tert-OH is 1. The standard InChI is InChI=1S/C22H26N2O4/c23-20(19(12-7-13-25)17-10-5-2-6-11-17)21(26)24-18(15-28-22(24)27)14-16-8-3-1-4-9-16/h1-6,8-11,18-20,25H,7,12-15,23H2/t18-,19+,20-/m0/s1. The molecule has 0 saturated carbocycles. The van der Waals surface area contributed by atoms with Gasteiger partial charge in [-0.25, -0.2) is 9.69 Å². The fraction of sp³-hybridized carbons (Fsp3) is 0.364. The van der Waals surface area contributed by atoms with Gasteiger partial charge in [0.1, 0.15) is 6.61 Å². The third kappa shape index (κ3) is 4.58. The summed E-state index contributed by atoms with van der Waals surface area (Å²) >= 11 is 0. The number of ether oxygens (including phenoxy) is 1. The zero-order chi connectivity index (χ0) is 19.9. The van der Waals surface area contributed by atoms with Gasteiger partial charge in [-0.15, -0.1) is 0 Å². The number of carbonyl (C=O) groups excluding carboxylic acids is 2. The largest absolute Gasteiger partial charge is 0.447 e. The molecule has 0 aromatic heterocycles. The molecule has 2 amide bonds. The highest BCUT2D eigenvalue weighted by atomic mass is 16.6. The monoisotopic (exact) mass is 382 g/mol. The summed E-state index contributed by atoms with van der Waals surface area (Å²) in [5.41, 5.74) is 8.30. The van der Waals surface area contributed by atoms with Gasteiger partial charge in [0.15, 0.2) is 0 Å². The summed E-state index contributed by atoms with van der Waals surface area (Å²) in [5.74, 6) is -0.721. The van der Waals surface area contributed by atoms with Crippen molar-refractivity contribution in [2.75, 3.05) is 13.2 Å². The van der Waals surface area contributed by atoms with E-state index in [9.17, 15) is 14.7 Å². The molecule has 148 valence electrons. The van der Waals surface area contributed by atoms with Crippen LogP contribution in [-0.2, 0) is 16.0 Å². The van der Waals surface area contributed by atoms with Crippen LogP contribution in [0.1, 0.15) is 29.9 Å². The number of nitrogens with two attached hydrogens (primary N) is 1. The lowest BCUT2D eigenvalue weighted by atomic mass is 9.87. The zero-order valence-corrected chi connectivity index (χ0v) is 15.7. The first kappa shape index (κ1) is 20.0. The Bertz CT molecular complexity index is 782. The van der Waals surface area contributed by atoms with Crippen LogP contribution < -0.4 is 5.73 Å². The molecule has 0 aliphatic carbocycles. The number of nitrogens with zero attached hydrogens (tertiary/aromatic N) is 1. The molecule has 3 N–H and O–H groups in total. The van der Waals surface area contributed by atoms with Crippen molar-refractivity contribution in [1.82, 2.24) is 4.90 Å². The van der Waals surface area contributed by atoms with Crippen molar-refractivity contribution in [2.24, 2.45) is 5.73 Å². The van der Waals surface area contributed by atoms with Crippen LogP contribution in [0.3, 0.4) is 0 Å². The van der Waals surface area contributed by atoms with Crippen LogP contribution in [0.2, 0.25) is 0 Å². The summed E-state index contributed by atoms with van der Waals surface area (Å²) in [6.07, 6.45) is 0.964. The summed E-state index contributed by atoms with van der Waals surface area (Å²) < 4.78 is 5.16. The molecular weight excluding hydrogens is 356 g/mol. The van der Waals surface area contributed by atoms with E-state index in [2.05, 4.69) is 0 Å². The van der Waals surface area contributed by atoms with Crippen LogP contribution in [0.15, 0.2) is 60.7 Å². The molecule has 1 heterocycles. The first-order chi connectivity index (χ1) is 13.6. The van der Waals surface area contributed by atoms with Gasteiger partial charge < -0.3 is 15.6 Å². The fourth-order valence-corrected chi connectivity index (χ4v) is 3.66. The average molecular weight is 382 g/mol.